The number of hydrogen-bond acceptors (Lipinski definition) is 3. The van der Waals surface area contributed by atoms with E-state index in [4.69, 9.17) is 21.4 Å². The van der Waals surface area contributed by atoms with Crippen LogP contribution in [0.1, 0.15) is 16.1 Å². The monoisotopic (exact) mass is 280 g/mol. The molecule has 0 aliphatic carbocycles. The summed E-state index contributed by atoms with van der Waals surface area (Å²) in [6.07, 6.45) is 0. The molecule has 1 aromatic carbocycles. The highest BCUT2D eigenvalue weighted by atomic mass is 35.5. The lowest BCUT2D eigenvalue weighted by molar-refractivity contribution is 0.0689. The van der Waals surface area contributed by atoms with Crippen molar-refractivity contribution in [1.82, 2.24) is 9.78 Å². The fourth-order valence-electron chi connectivity index (χ4n) is 1.95. The van der Waals surface area contributed by atoms with Gasteiger partial charge in [0.15, 0.2) is 5.69 Å². The second kappa shape index (κ2) is 4.93. The normalized spacial score (nSPS) is 10.5. The van der Waals surface area contributed by atoms with Crippen LogP contribution in [-0.4, -0.2) is 28.0 Å². The van der Waals surface area contributed by atoms with Gasteiger partial charge in [-0.3, -0.25) is 4.68 Å². The molecule has 0 aliphatic heterocycles. The van der Waals surface area contributed by atoms with Gasteiger partial charge in [0.2, 0.25) is 0 Å². The standard InChI is InChI=1S/C13H13ClN2O3/c1-7-4-8(12(19-3)9(14)5-7)11-6-10(13(17)18)15-16(11)2/h4-6H,1-3H3,(H,17,18). The minimum Gasteiger partial charge on any atom is -0.494 e. The molecule has 5 nitrogen and oxygen atoms in total. The first-order valence-corrected chi connectivity index (χ1v) is 5.93. The highest BCUT2D eigenvalue weighted by molar-refractivity contribution is 6.32. The number of methoxy groups -OCH3 is 1. The Balaban J connectivity index is 2.67. The van der Waals surface area contributed by atoms with Crippen LogP contribution in [-0.2, 0) is 7.05 Å². The number of hydrogen-bond donors (Lipinski definition) is 1. The van der Waals surface area contributed by atoms with Crippen molar-refractivity contribution in [2.45, 2.75) is 6.92 Å². The van der Waals surface area contributed by atoms with Gasteiger partial charge in [-0.15, -0.1) is 0 Å². The minimum atomic E-state index is -1.07. The van der Waals surface area contributed by atoms with Gasteiger partial charge < -0.3 is 9.84 Å². The summed E-state index contributed by atoms with van der Waals surface area (Å²) in [5.74, 6) is -0.563. The highest BCUT2D eigenvalue weighted by Crippen LogP contribution is 2.37. The molecule has 1 aromatic heterocycles. The lowest BCUT2D eigenvalue weighted by Crippen LogP contribution is -2.00. The number of halogens is 1. The summed E-state index contributed by atoms with van der Waals surface area (Å²) >= 11 is 6.14. The van der Waals surface area contributed by atoms with Crippen molar-refractivity contribution in [2.75, 3.05) is 7.11 Å². The first kappa shape index (κ1) is 13.4. The largest absolute Gasteiger partial charge is 0.494 e. The van der Waals surface area contributed by atoms with Crippen LogP contribution >= 0.6 is 11.6 Å². The second-order valence-electron chi connectivity index (χ2n) is 4.17. The third-order valence-corrected chi connectivity index (χ3v) is 3.05. The molecule has 2 rings (SSSR count). The summed E-state index contributed by atoms with van der Waals surface area (Å²) in [7, 11) is 3.20. The number of ether oxygens (including phenoxy) is 1. The molecule has 1 N–H and O–H groups in total. The summed E-state index contributed by atoms with van der Waals surface area (Å²) in [5, 5.41) is 13.4. The maximum absolute atomic E-state index is 11.0. The van der Waals surface area contributed by atoms with Gasteiger partial charge in [-0.05, 0) is 30.7 Å². The Hall–Kier alpha value is -2.01. The Bertz CT molecular complexity index is 650. The van der Waals surface area contributed by atoms with Crippen molar-refractivity contribution in [3.63, 3.8) is 0 Å². The van der Waals surface area contributed by atoms with Crippen LogP contribution in [0.25, 0.3) is 11.3 Å². The van der Waals surface area contributed by atoms with Crippen molar-refractivity contribution >= 4 is 17.6 Å². The van der Waals surface area contributed by atoms with Crippen LogP contribution in [0.4, 0.5) is 0 Å². The number of rotatable bonds is 3. The number of nitrogens with zero attached hydrogens (tertiary/aromatic N) is 2. The van der Waals surface area contributed by atoms with Crippen LogP contribution in [0.5, 0.6) is 5.75 Å². The van der Waals surface area contributed by atoms with Crippen LogP contribution < -0.4 is 4.74 Å². The van der Waals surface area contributed by atoms with E-state index in [1.165, 1.54) is 17.9 Å². The van der Waals surface area contributed by atoms with Crippen LogP contribution in [0.2, 0.25) is 5.02 Å². The molecule has 0 bridgehead atoms. The van der Waals surface area contributed by atoms with Gasteiger partial charge in [-0.25, -0.2) is 4.79 Å². The molecule has 0 amide bonds. The van der Waals surface area contributed by atoms with E-state index < -0.39 is 5.97 Å². The number of carboxylic acid groups (broad SMARTS) is 1. The van der Waals surface area contributed by atoms with Crippen molar-refractivity contribution < 1.29 is 14.6 Å². The zero-order valence-electron chi connectivity index (χ0n) is 10.8. The zero-order chi connectivity index (χ0) is 14.2. The Labute approximate surface area is 115 Å². The number of aromatic nitrogens is 2. The van der Waals surface area contributed by atoms with Gasteiger partial charge in [-0.2, -0.15) is 5.10 Å². The predicted molar refractivity (Wildman–Crippen MR) is 71.9 cm³/mol. The van der Waals surface area contributed by atoms with Crippen LogP contribution in [0.3, 0.4) is 0 Å². The Morgan fingerprint density at radius 2 is 2.11 bits per heavy atom. The van der Waals surface area contributed by atoms with E-state index in [0.29, 0.717) is 16.5 Å². The van der Waals surface area contributed by atoms with E-state index in [1.54, 1.807) is 13.1 Å². The molecule has 0 atom stereocenters. The molecule has 2 aromatic rings. The molecule has 0 radical (unpaired) electrons. The van der Waals surface area contributed by atoms with E-state index in [1.807, 2.05) is 13.0 Å². The molecule has 6 heteroatoms. The fraction of sp³-hybridized carbons (Fsp3) is 0.231. The molecule has 19 heavy (non-hydrogen) atoms. The minimum absolute atomic E-state index is 0.0165. The van der Waals surface area contributed by atoms with Gasteiger partial charge in [-0.1, -0.05) is 11.6 Å². The summed E-state index contributed by atoms with van der Waals surface area (Å²) in [4.78, 5) is 11.0. The van der Waals surface area contributed by atoms with Gasteiger partial charge in [0, 0.05) is 12.6 Å². The topological polar surface area (TPSA) is 64.3 Å². The fourth-order valence-corrected chi connectivity index (χ4v) is 2.30. The highest BCUT2D eigenvalue weighted by Gasteiger charge is 2.17. The summed E-state index contributed by atoms with van der Waals surface area (Å²) in [6, 6.07) is 5.17. The third-order valence-electron chi connectivity index (χ3n) is 2.77. The van der Waals surface area contributed by atoms with Crippen molar-refractivity contribution in [3.05, 3.63) is 34.5 Å². The number of carbonyl (C=O) groups is 1. The maximum atomic E-state index is 11.0. The average molecular weight is 281 g/mol. The molecule has 0 spiro atoms. The van der Waals surface area contributed by atoms with E-state index in [0.717, 1.165) is 11.1 Å². The molecule has 0 saturated heterocycles. The lowest BCUT2D eigenvalue weighted by Gasteiger charge is -2.11. The number of carboxylic acids is 1. The lowest BCUT2D eigenvalue weighted by atomic mass is 10.1. The van der Waals surface area contributed by atoms with Crippen LogP contribution in [0.15, 0.2) is 18.2 Å². The van der Waals surface area contributed by atoms with Gasteiger partial charge >= 0.3 is 5.97 Å². The third kappa shape index (κ3) is 2.42. The Morgan fingerprint density at radius 3 is 2.63 bits per heavy atom. The quantitative estimate of drug-likeness (QED) is 0.939. The second-order valence-corrected chi connectivity index (χ2v) is 4.58. The molecule has 0 unspecified atom stereocenters. The SMILES string of the molecule is COc1c(Cl)cc(C)cc1-c1cc(C(=O)O)nn1C. The van der Waals surface area contributed by atoms with Crippen molar-refractivity contribution in [3.8, 4) is 17.0 Å². The average Bonchev–Trinajstić information content (AvgIpc) is 2.70. The first-order valence-electron chi connectivity index (χ1n) is 5.56. The number of benzene rings is 1. The number of aromatic carboxylic acids is 1. The molecule has 100 valence electrons. The van der Waals surface area contributed by atoms with Gasteiger partial charge in [0.1, 0.15) is 5.75 Å². The molecule has 0 aliphatic rings. The van der Waals surface area contributed by atoms with E-state index >= 15 is 0 Å². The molecule has 0 fully saturated rings. The molecule has 1 heterocycles. The predicted octanol–water partition coefficient (Wildman–Crippen LogP) is 2.76. The Morgan fingerprint density at radius 1 is 1.42 bits per heavy atom. The molecular weight excluding hydrogens is 268 g/mol. The van der Waals surface area contributed by atoms with Crippen molar-refractivity contribution in [2.24, 2.45) is 7.05 Å². The van der Waals surface area contributed by atoms with E-state index in [2.05, 4.69) is 5.10 Å². The smallest absolute Gasteiger partial charge is 0.356 e. The van der Waals surface area contributed by atoms with E-state index in [9.17, 15) is 4.79 Å². The van der Waals surface area contributed by atoms with Crippen molar-refractivity contribution in [1.29, 1.82) is 0 Å². The van der Waals surface area contributed by atoms with Gasteiger partial charge in [0.05, 0.1) is 17.8 Å². The maximum Gasteiger partial charge on any atom is 0.356 e. The van der Waals surface area contributed by atoms with Crippen LogP contribution in [0, 0.1) is 6.92 Å². The molecule has 0 saturated carbocycles. The molecular formula is C13H13ClN2O3. The van der Waals surface area contributed by atoms with Gasteiger partial charge in [0.25, 0.3) is 0 Å². The summed E-state index contributed by atoms with van der Waals surface area (Å²) < 4.78 is 6.79. The zero-order valence-corrected chi connectivity index (χ0v) is 11.5. The summed E-state index contributed by atoms with van der Waals surface area (Å²) in [5.41, 5.74) is 2.30. The first-order chi connectivity index (χ1) is 8.93. The van der Waals surface area contributed by atoms with E-state index in [-0.39, 0.29) is 5.69 Å². The Kier molecular flexibility index (Phi) is 3.48. The summed E-state index contributed by atoms with van der Waals surface area (Å²) in [6.45, 7) is 1.91. The number of aryl methyl sites for hydroxylation is 2.